The van der Waals surface area contributed by atoms with E-state index >= 15 is 0 Å². The maximum absolute atomic E-state index is 12.5. The maximum Gasteiger partial charge on any atom is 0.233 e. The molecule has 0 bridgehead atoms. The number of likely N-dealkylation sites (tertiary alicyclic amines) is 1. The molecule has 2 atom stereocenters. The number of hydrogen-bond donors (Lipinski definition) is 1. The van der Waals surface area contributed by atoms with Crippen molar-refractivity contribution in [3.63, 3.8) is 0 Å². The summed E-state index contributed by atoms with van der Waals surface area (Å²) in [4.78, 5) is 46.7. The van der Waals surface area contributed by atoms with E-state index in [1.54, 1.807) is 12.3 Å². The number of amides is 3. The van der Waals surface area contributed by atoms with Crippen LogP contribution in [0.3, 0.4) is 0 Å². The number of rotatable bonds is 6. The van der Waals surface area contributed by atoms with Gasteiger partial charge in [0, 0.05) is 31.3 Å². The van der Waals surface area contributed by atoms with Gasteiger partial charge >= 0.3 is 0 Å². The molecule has 1 N–H and O–H groups in total. The average Bonchev–Trinajstić information content (AvgIpc) is 3.34. The molecule has 1 saturated carbocycles. The second-order valence-electron chi connectivity index (χ2n) is 7.18. The van der Waals surface area contributed by atoms with Crippen molar-refractivity contribution in [3.05, 3.63) is 36.5 Å². The lowest BCUT2D eigenvalue weighted by Gasteiger charge is -2.19. The van der Waals surface area contributed by atoms with E-state index < -0.39 is 0 Å². The summed E-state index contributed by atoms with van der Waals surface area (Å²) in [6.45, 7) is 0.411. The SMILES string of the molecule is O=C(CCN1C(=O)[C@H]2CCCC[C@@H]2C1=O)NCc1cccnc1-n1cncn1. The van der Waals surface area contributed by atoms with E-state index in [1.807, 2.05) is 6.07 Å². The van der Waals surface area contributed by atoms with Crippen molar-refractivity contribution in [2.75, 3.05) is 6.54 Å². The number of imide groups is 1. The number of nitrogens with one attached hydrogen (secondary N) is 1. The Bertz CT molecular complexity index is 858. The lowest BCUT2D eigenvalue weighted by atomic mass is 9.81. The van der Waals surface area contributed by atoms with Crippen LogP contribution in [0.4, 0.5) is 0 Å². The predicted molar refractivity (Wildman–Crippen MR) is 97.8 cm³/mol. The Labute approximate surface area is 162 Å². The normalized spacial score (nSPS) is 21.6. The van der Waals surface area contributed by atoms with Gasteiger partial charge < -0.3 is 5.32 Å². The number of pyridine rings is 1. The number of carbonyl (C=O) groups excluding carboxylic acids is 3. The molecular formula is C19H22N6O3. The molecule has 2 fully saturated rings. The molecule has 146 valence electrons. The third-order valence-electron chi connectivity index (χ3n) is 5.47. The number of aromatic nitrogens is 4. The van der Waals surface area contributed by atoms with Gasteiger partial charge in [0.15, 0.2) is 5.82 Å². The Morgan fingerprint density at radius 2 is 1.93 bits per heavy atom. The minimum Gasteiger partial charge on any atom is -0.352 e. The fourth-order valence-corrected chi connectivity index (χ4v) is 4.04. The highest BCUT2D eigenvalue weighted by molar-refractivity contribution is 6.05. The van der Waals surface area contributed by atoms with Crippen LogP contribution >= 0.6 is 0 Å². The summed E-state index contributed by atoms with van der Waals surface area (Å²) in [7, 11) is 0. The monoisotopic (exact) mass is 382 g/mol. The molecule has 1 aliphatic heterocycles. The topological polar surface area (TPSA) is 110 Å². The van der Waals surface area contributed by atoms with Crippen LogP contribution in [0.2, 0.25) is 0 Å². The van der Waals surface area contributed by atoms with Crippen LogP contribution in [0.5, 0.6) is 0 Å². The lowest BCUT2D eigenvalue weighted by Crippen LogP contribution is -2.35. The molecule has 1 saturated heterocycles. The summed E-state index contributed by atoms with van der Waals surface area (Å²) in [5, 5.41) is 6.89. The van der Waals surface area contributed by atoms with E-state index in [2.05, 4.69) is 20.4 Å². The number of hydrogen-bond acceptors (Lipinski definition) is 6. The zero-order valence-electron chi connectivity index (χ0n) is 15.5. The van der Waals surface area contributed by atoms with E-state index in [9.17, 15) is 14.4 Å². The second kappa shape index (κ2) is 7.87. The van der Waals surface area contributed by atoms with Crippen LogP contribution in [0.15, 0.2) is 31.0 Å². The van der Waals surface area contributed by atoms with Crippen LogP contribution in [0, 0.1) is 11.8 Å². The molecule has 3 amide bonds. The molecule has 2 aromatic heterocycles. The molecule has 28 heavy (non-hydrogen) atoms. The first-order valence-corrected chi connectivity index (χ1v) is 9.56. The first-order valence-electron chi connectivity index (χ1n) is 9.56. The van der Waals surface area contributed by atoms with Crippen molar-refractivity contribution in [1.82, 2.24) is 30.0 Å². The Morgan fingerprint density at radius 1 is 1.18 bits per heavy atom. The summed E-state index contributed by atoms with van der Waals surface area (Å²) < 4.78 is 1.53. The second-order valence-corrected chi connectivity index (χ2v) is 7.18. The summed E-state index contributed by atoms with van der Waals surface area (Å²) >= 11 is 0. The van der Waals surface area contributed by atoms with Crippen LogP contribution < -0.4 is 5.32 Å². The minimum atomic E-state index is -0.219. The maximum atomic E-state index is 12.5. The average molecular weight is 382 g/mol. The number of nitrogens with zero attached hydrogens (tertiary/aromatic N) is 5. The van der Waals surface area contributed by atoms with E-state index in [0.29, 0.717) is 5.82 Å². The van der Waals surface area contributed by atoms with Gasteiger partial charge in [-0.3, -0.25) is 19.3 Å². The molecule has 3 heterocycles. The van der Waals surface area contributed by atoms with Gasteiger partial charge in [-0.2, -0.15) is 5.10 Å². The molecule has 0 aromatic carbocycles. The van der Waals surface area contributed by atoms with E-state index in [0.717, 1.165) is 31.2 Å². The van der Waals surface area contributed by atoms with E-state index in [1.165, 1.54) is 22.2 Å². The molecule has 9 heteroatoms. The van der Waals surface area contributed by atoms with Gasteiger partial charge in [0.2, 0.25) is 17.7 Å². The van der Waals surface area contributed by atoms with Gasteiger partial charge in [0.1, 0.15) is 12.7 Å². The van der Waals surface area contributed by atoms with Crippen LogP contribution in [-0.2, 0) is 20.9 Å². The van der Waals surface area contributed by atoms with Crippen molar-refractivity contribution < 1.29 is 14.4 Å². The summed E-state index contributed by atoms with van der Waals surface area (Å²) in [5.74, 6) is -0.195. The first kappa shape index (κ1) is 18.3. The molecular weight excluding hydrogens is 360 g/mol. The summed E-state index contributed by atoms with van der Waals surface area (Å²) in [6.07, 6.45) is 8.24. The minimum absolute atomic E-state index is 0.0931. The van der Waals surface area contributed by atoms with Crippen molar-refractivity contribution in [1.29, 1.82) is 0 Å². The molecule has 2 aliphatic rings. The fourth-order valence-electron chi connectivity index (χ4n) is 4.04. The Hall–Kier alpha value is -3.10. The third-order valence-corrected chi connectivity index (χ3v) is 5.47. The van der Waals surface area contributed by atoms with Crippen molar-refractivity contribution in [3.8, 4) is 5.82 Å². The summed E-state index contributed by atoms with van der Waals surface area (Å²) in [6, 6.07) is 3.63. The number of carbonyl (C=O) groups is 3. The molecule has 0 radical (unpaired) electrons. The fraction of sp³-hybridized carbons (Fsp3) is 0.474. The molecule has 9 nitrogen and oxygen atoms in total. The van der Waals surface area contributed by atoms with Gasteiger partial charge in [-0.15, -0.1) is 0 Å². The van der Waals surface area contributed by atoms with Gasteiger partial charge in [-0.1, -0.05) is 18.9 Å². The van der Waals surface area contributed by atoms with Crippen molar-refractivity contribution >= 4 is 17.7 Å². The highest BCUT2D eigenvalue weighted by Gasteiger charge is 2.47. The van der Waals surface area contributed by atoms with E-state index in [4.69, 9.17) is 0 Å². The number of fused-ring (bicyclic) bond motifs is 1. The Kier molecular flexibility index (Phi) is 5.14. The molecule has 2 aromatic rings. The lowest BCUT2D eigenvalue weighted by molar-refractivity contribution is -0.140. The van der Waals surface area contributed by atoms with E-state index in [-0.39, 0.29) is 49.1 Å². The molecule has 1 aliphatic carbocycles. The highest BCUT2D eigenvalue weighted by atomic mass is 16.2. The van der Waals surface area contributed by atoms with Gasteiger partial charge in [-0.05, 0) is 18.9 Å². The highest BCUT2D eigenvalue weighted by Crippen LogP contribution is 2.37. The Balaban J connectivity index is 1.32. The largest absolute Gasteiger partial charge is 0.352 e. The molecule has 0 spiro atoms. The van der Waals surface area contributed by atoms with Crippen LogP contribution in [0.1, 0.15) is 37.7 Å². The zero-order chi connectivity index (χ0) is 19.5. The van der Waals surface area contributed by atoms with Gasteiger partial charge in [0.25, 0.3) is 0 Å². The van der Waals surface area contributed by atoms with Crippen molar-refractivity contribution in [2.24, 2.45) is 11.8 Å². The smallest absolute Gasteiger partial charge is 0.233 e. The van der Waals surface area contributed by atoms with Crippen LogP contribution in [-0.4, -0.2) is 48.9 Å². The van der Waals surface area contributed by atoms with Gasteiger partial charge in [-0.25, -0.2) is 14.6 Å². The molecule has 0 unspecified atom stereocenters. The zero-order valence-corrected chi connectivity index (χ0v) is 15.5. The Morgan fingerprint density at radius 3 is 2.61 bits per heavy atom. The first-order chi connectivity index (χ1) is 13.6. The standard InChI is InChI=1S/C19H22N6O3/c26-16(7-9-24-18(27)14-5-1-2-6-15(14)19(24)28)22-10-13-4-3-8-21-17(13)25-12-20-11-23-25/h3-4,8,11-12,14-15H,1-2,5-7,9-10H2,(H,22,26)/t14-,15-/m0/s1. The van der Waals surface area contributed by atoms with Gasteiger partial charge in [0.05, 0.1) is 11.8 Å². The third kappa shape index (κ3) is 3.51. The van der Waals surface area contributed by atoms with Crippen LogP contribution in [0.25, 0.3) is 5.82 Å². The quantitative estimate of drug-likeness (QED) is 0.742. The summed E-state index contributed by atoms with van der Waals surface area (Å²) in [5.41, 5.74) is 0.792. The molecule has 4 rings (SSSR count). The predicted octanol–water partition coefficient (Wildman–Crippen LogP) is 0.844. The van der Waals surface area contributed by atoms with Crippen molar-refractivity contribution in [2.45, 2.75) is 38.6 Å².